The Kier molecular flexibility index (Phi) is 5.22. The van der Waals surface area contributed by atoms with Gasteiger partial charge in [-0.1, -0.05) is 6.07 Å². The molecule has 0 saturated carbocycles. The van der Waals surface area contributed by atoms with Crippen molar-refractivity contribution in [3.8, 4) is 11.5 Å². The number of nitrogens with one attached hydrogen (secondary N) is 2. The number of ether oxygens (including phenoxy) is 1. The molecule has 3 heterocycles. The Balaban J connectivity index is 1.67. The molecule has 0 bridgehead atoms. The van der Waals surface area contributed by atoms with Gasteiger partial charge < -0.3 is 15.0 Å². The average molecular weight is 393 g/mol. The summed E-state index contributed by atoms with van der Waals surface area (Å²) in [6.07, 6.45) is 4.82. The van der Waals surface area contributed by atoms with Crippen molar-refractivity contribution in [2.75, 3.05) is 32.6 Å². The van der Waals surface area contributed by atoms with E-state index in [1.54, 1.807) is 24.4 Å². The number of benzene rings is 1. The lowest BCUT2D eigenvalue weighted by atomic mass is 9.86. The number of aromatic nitrogens is 5. The fourth-order valence-corrected chi connectivity index (χ4v) is 3.55. The van der Waals surface area contributed by atoms with Gasteiger partial charge in [0.05, 0.1) is 18.2 Å². The number of likely N-dealkylation sites (tertiary alicyclic amines) is 1. The van der Waals surface area contributed by atoms with Gasteiger partial charge in [0.15, 0.2) is 11.6 Å². The molecule has 0 aliphatic carbocycles. The summed E-state index contributed by atoms with van der Waals surface area (Å²) in [6, 6.07) is 9.09. The van der Waals surface area contributed by atoms with Gasteiger partial charge in [-0.05, 0) is 44.2 Å². The first-order valence-electron chi connectivity index (χ1n) is 9.44. The van der Waals surface area contributed by atoms with E-state index in [2.05, 4.69) is 37.4 Å². The number of hydrogen-bond donors (Lipinski definition) is 2. The minimum absolute atomic E-state index is 0.364. The van der Waals surface area contributed by atoms with E-state index in [9.17, 15) is 4.79 Å². The molecular weight excluding hydrogens is 370 g/mol. The Morgan fingerprint density at radius 2 is 2.10 bits per heavy atom. The molecule has 0 unspecified atom stereocenters. The van der Waals surface area contributed by atoms with Crippen LogP contribution in [0.5, 0.6) is 0 Å². The van der Waals surface area contributed by atoms with E-state index in [4.69, 9.17) is 9.72 Å². The summed E-state index contributed by atoms with van der Waals surface area (Å²) in [7, 11) is 3.48. The number of rotatable bonds is 5. The van der Waals surface area contributed by atoms with Gasteiger partial charge in [0.2, 0.25) is 0 Å². The van der Waals surface area contributed by atoms with Crippen LogP contribution in [0.15, 0.2) is 42.9 Å². The van der Waals surface area contributed by atoms with Crippen molar-refractivity contribution >= 4 is 11.7 Å². The highest BCUT2D eigenvalue weighted by molar-refractivity contribution is 5.90. The number of nitrogens with zero attached hydrogens (tertiary/aromatic N) is 5. The van der Waals surface area contributed by atoms with Gasteiger partial charge >= 0.3 is 5.97 Å². The van der Waals surface area contributed by atoms with Gasteiger partial charge in [0.1, 0.15) is 12.0 Å². The van der Waals surface area contributed by atoms with Crippen LogP contribution in [0, 0.1) is 0 Å². The van der Waals surface area contributed by atoms with E-state index in [1.165, 1.54) is 13.4 Å². The maximum absolute atomic E-state index is 11.9. The number of anilines is 1. The first-order chi connectivity index (χ1) is 14.1. The van der Waals surface area contributed by atoms with Crippen LogP contribution in [-0.4, -0.2) is 63.3 Å². The Bertz CT molecular complexity index is 981. The van der Waals surface area contributed by atoms with Crippen LogP contribution in [0.2, 0.25) is 0 Å². The second kappa shape index (κ2) is 7.96. The minimum Gasteiger partial charge on any atom is -0.465 e. The van der Waals surface area contributed by atoms with Crippen molar-refractivity contribution in [2.24, 2.45) is 0 Å². The molecule has 2 aromatic heterocycles. The van der Waals surface area contributed by atoms with Gasteiger partial charge in [0, 0.05) is 25.0 Å². The molecule has 0 atom stereocenters. The molecule has 1 saturated heterocycles. The molecule has 1 aliphatic heterocycles. The van der Waals surface area contributed by atoms with Gasteiger partial charge in [-0.15, -0.1) is 0 Å². The highest BCUT2D eigenvalue weighted by Gasteiger charge is 2.39. The predicted molar refractivity (Wildman–Crippen MR) is 107 cm³/mol. The van der Waals surface area contributed by atoms with Crippen molar-refractivity contribution in [1.82, 2.24) is 30.0 Å². The third kappa shape index (κ3) is 3.95. The number of piperidine rings is 1. The molecule has 1 aromatic carbocycles. The lowest BCUT2D eigenvalue weighted by Gasteiger charge is -2.40. The lowest BCUT2D eigenvalue weighted by molar-refractivity contribution is 0.0600. The van der Waals surface area contributed by atoms with Crippen LogP contribution < -0.4 is 5.32 Å². The van der Waals surface area contributed by atoms with Crippen LogP contribution in [-0.2, 0) is 10.3 Å². The number of H-pyrrole nitrogens is 1. The van der Waals surface area contributed by atoms with Gasteiger partial charge in [-0.2, -0.15) is 5.10 Å². The maximum atomic E-state index is 11.9. The molecule has 1 aliphatic rings. The standard InChI is InChI=1S/C20H23N7O2/c1-27-10-7-20(8-11-27,24-15-5-3-4-14(12-15)18(28)29-2)19-23-17(25-26-19)16-6-9-21-13-22-16/h3-6,9,12-13,24H,7-8,10-11H2,1-2H3,(H,23,25,26). The van der Waals surface area contributed by atoms with E-state index in [0.717, 1.165) is 37.4 Å². The van der Waals surface area contributed by atoms with Crippen molar-refractivity contribution in [2.45, 2.75) is 18.4 Å². The second-order valence-corrected chi connectivity index (χ2v) is 7.19. The summed E-state index contributed by atoms with van der Waals surface area (Å²) in [4.78, 5) is 27.1. The normalized spacial score (nSPS) is 16.3. The zero-order valence-electron chi connectivity index (χ0n) is 16.4. The van der Waals surface area contributed by atoms with E-state index in [0.29, 0.717) is 17.1 Å². The third-order valence-corrected chi connectivity index (χ3v) is 5.26. The number of carbonyl (C=O) groups is 1. The quantitative estimate of drug-likeness (QED) is 0.634. The van der Waals surface area contributed by atoms with Crippen LogP contribution >= 0.6 is 0 Å². The fraction of sp³-hybridized carbons (Fsp3) is 0.350. The van der Waals surface area contributed by atoms with Crippen molar-refractivity contribution < 1.29 is 9.53 Å². The first kappa shape index (κ1) is 19.0. The molecule has 9 nitrogen and oxygen atoms in total. The summed E-state index contributed by atoms with van der Waals surface area (Å²) >= 11 is 0. The van der Waals surface area contributed by atoms with Gasteiger partial charge in [-0.3, -0.25) is 5.10 Å². The minimum atomic E-state index is -0.431. The topological polar surface area (TPSA) is 109 Å². The molecular formula is C20H23N7O2. The SMILES string of the molecule is COC(=O)c1cccc(NC2(c3nc(-c4ccncn4)n[nH]3)CCN(C)CC2)c1. The summed E-state index contributed by atoms with van der Waals surface area (Å²) in [5.41, 5.74) is 1.56. The van der Waals surface area contributed by atoms with Gasteiger partial charge in [-0.25, -0.2) is 19.7 Å². The summed E-state index contributed by atoms with van der Waals surface area (Å²) in [5, 5.41) is 11.1. The van der Waals surface area contributed by atoms with E-state index >= 15 is 0 Å². The highest BCUT2D eigenvalue weighted by atomic mass is 16.5. The van der Waals surface area contributed by atoms with E-state index < -0.39 is 5.54 Å². The number of esters is 1. The highest BCUT2D eigenvalue weighted by Crippen LogP contribution is 2.35. The first-order valence-corrected chi connectivity index (χ1v) is 9.44. The number of methoxy groups -OCH3 is 1. The lowest BCUT2D eigenvalue weighted by Crippen LogP contribution is -2.46. The molecule has 3 aromatic rings. The van der Waals surface area contributed by atoms with Crippen LogP contribution in [0.4, 0.5) is 5.69 Å². The van der Waals surface area contributed by atoms with E-state index in [-0.39, 0.29) is 5.97 Å². The molecule has 9 heteroatoms. The third-order valence-electron chi connectivity index (χ3n) is 5.26. The van der Waals surface area contributed by atoms with Crippen LogP contribution in [0.3, 0.4) is 0 Å². The smallest absolute Gasteiger partial charge is 0.337 e. The molecule has 1 fully saturated rings. The Hall–Kier alpha value is -3.33. The number of carbonyl (C=O) groups excluding carboxylic acids is 1. The Morgan fingerprint density at radius 1 is 1.28 bits per heavy atom. The summed E-state index contributed by atoms with van der Waals surface area (Å²) in [5.74, 6) is 0.922. The largest absolute Gasteiger partial charge is 0.465 e. The van der Waals surface area contributed by atoms with Crippen molar-refractivity contribution in [3.63, 3.8) is 0 Å². The number of aromatic amines is 1. The Labute approximate surface area is 168 Å². The molecule has 4 rings (SSSR count). The summed E-state index contributed by atoms with van der Waals surface area (Å²) < 4.78 is 4.84. The molecule has 0 radical (unpaired) electrons. The fourth-order valence-electron chi connectivity index (χ4n) is 3.55. The molecule has 29 heavy (non-hydrogen) atoms. The second-order valence-electron chi connectivity index (χ2n) is 7.19. The zero-order chi connectivity index (χ0) is 20.3. The average Bonchev–Trinajstić information content (AvgIpc) is 3.27. The Morgan fingerprint density at radius 3 is 2.83 bits per heavy atom. The van der Waals surface area contributed by atoms with E-state index in [1.807, 2.05) is 12.1 Å². The zero-order valence-corrected chi connectivity index (χ0v) is 16.4. The van der Waals surface area contributed by atoms with Crippen LogP contribution in [0.25, 0.3) is 11.5 Å². The molecule has 0 spiro atoms. The predicted octanol–water partition coefficient (Wildman–Crippen LogP) is 2.08. The maximum Gasteiger partial charge on any atom is 0.337 e. The van der Waals surface area contributed by atoms with Crippen molar-refractivity contribution in [1.29, 1.82) is 0 Å². The monoisotopic (exact) mass is 393 g/mol. The van der Waals surface area contributed by atoms with Crippen molar-refractivity contribution in [3.05, 3.63) is 54.2 Å². The van der Waals surface area contributed by atoms with Gasteiger partial charge in [0.25, 0.3) is 0 Å². The number of hydrogen-bond acceptors (Lipinski definition) is 8. The van der Waals surface area contributed by atoms with Crippen LogP contribution in [0.1, 0.15) is 29.0 Å². The molecule has 2 N–H and O–H groups in total. The summed E-state index contributed by atoms with van der Waals surface area (Å²) in [6.45, 7) is 1.82. The molecule has 150 valence electrons. The molecule has 0 amide bonds.